The van der Waals surface area contributed by atoms with Crippen LogP contribution in [-0.4, -0.2) is 19.3 Å². The quantitative estimate of drug-likeness (QED) is 0.847. The summed E-state index contributed by atoms with van der Waals surface area (Å²) < 4.78 is 18.5. The molecule has 16 heavy (non-hydrogen) atoms. The molecule has 3 heteroatoms. The van der Waals surface area contributed by atoms with Gasteiger partial charge in [-0.25, -0.2) is 4.39 Å². The van der Waals surface area contributed by atoms with Gasteiger partial charge < -0.3 is 10.1 Å². The molecule has 1 aromatic rings. The normalized spacial score (nSPS) is 22.2. The molecule has 0 spiro atoms. The van der Waals surface area contributed by atoms with Crippen molar-refractivity contribution in [3.8, 4) is 0 Å². The fourth-order valence-electron chi connectivity index (χ4n) is 2.01. The number of benzene rings is 1. The van der Waals surface area contributed by atoms with Crippen LogP contribution in [0.5, 0.6) is 0 Å². The Morgan fingerprint density at radius 3 is 3.12 bits per heavy atom. The smallest absolute Gasteiger partial charge is 0.123 e. The lowest BCUT2D eigenvalue weighted by molar-refractivity contribution is 0.108. The van der Waals surface area contributed by atoms with Crippen molar-refractivity contribution in [3.63, 3.8) is 0 Å². The van der Waals surface area contributed by atoms with E-state index in [1.165, 1.54) is 6.07 Å². The van der Waals surface area contributed by atoms with Gasteiger partial charge in [0.05, 0.1) is 6.10 Å². The molecule has 1 N–H and O–H groups in total. The van der Waals surface area contributed by atoms with Crippen molar-refractivity contribution in [1.29, 1.82) is 0 Å². The number of nitrogens with one attached hydrogen (secondary N) is 1. The average molecular weight is 223 g/mol. The maximum Gasteiger partial charge on any atom is 0.123 e. The van der Waals surface area contributed by atoms with Crippen LogP contribution in [0.25, 0.3) is 0 Å². The summed E-state index contributed by atoms with van der Waals surface area (Å²) in [5, 5.41) is 3.38. The molecular formula is C13H18FNO. The minimum atomic E-state index is -0.178. The van der Waals surface area contributed by atoms with Crippen molar-refractivity contribution >= 4 is 0 Å². The molecule has 0 amide bonds. The van der Waals surface area contributed by atoms with Gasteiger partial charge in [-0.1, -0.05) is 12.1 Å². The van der Waals surface area contributed by atoms with Crippen LogP contribution in [0.15, 0.2) is 24.3 Å². The molecule has 0 aliphatic carbocycles. The molecule has 2 nitrogen and oxygen atoms in total. The zero-order valence-electron chi connectivity index (χ0n) is 9.58. The lowest BCUT2D eigenvalue weighted by Crippen LogP contribution is -2.28. The molecule has 2 rings (SSSR count). The standard InChI is InChI=1S/C13H18FNO/c1-10(11-4-2-5-12(14)8-11)15-9-13-6-3-7-16-13/h2,4-5,8,10,13,15H,3,6-7,9H2,1H3/t10-,13?/m1/s1. The first kappa shape index (κ1) is 11.6. The van der Waals surface area contributed by atoms with Gasteiger partial charge in [0.2, 0.25) is 0 Å². The molecule has 1 aliphatic rings. The third-order valence-electron chi connectivity index (χ3n) is 3.02. The molecule has 0 bridgehead atoms. The first-order chi connectivity index (χ1) is 7.75. The Labute approximate surface area is 95.8 Å². The lowest BCUT2D eigenvalue weighted by Gasteiger charge is -2.17. The second-order valence-electron chi connectivity index (χ2n) is 4.32. The van der Waals surface area contributed by atoms with E-state index in [0.29, 0.717) is 6.10 Å². The largest absolute Gasteiger partial charge is 0.377 e. The van der Waals surface area contributed by atoms with Crippen LogP contribution in [0.3, 0.4) is 0 Å². The Morgan fingerprint density at radius 1 is 1.56 bits per heavy atom. The summed E-state index contributed by atoms with van der Waals surface area (Å²) in [7, 11) is 0. The highest BCUT2D eigenvalue weighted by Crippen LogP contribution is 2.15. The van der Waals surface area contributed by atoms with E-state index in [-0.39, 0.29) is 11.9 Å². The summed E-state index contributed by atoms with van der Waals surface area (Å²) in [4.78, 5) is 0. The maximum absolute atomic E-state index is 13.0. The van der Waals surface area contributed by atoms with Gasteiger partial charge in [0, 0.05) is 19.2 Å². The van der Waals surface area contributed by atoms with Gasteiger partial charge in [-0.2, -0.15) is 0 Å². The highest BCUT2D eigenvalue weighted by molar-refractivity contribution is 5.19. The van der Waals surface area contributed by atoms with Gasteiger partial charge in [-0.15, -0.1) is 0 Å². The van der Waals surface area contributed by atoms with Crippen LogP contribution in [0.2, 0.25) is 0 Å². The molecule has 1 aliphatic heterocycles. The molecule has 0 aromatic heterocycles. The molecule has 1 heterocycles. The number of hydrogen-bond donors (Lipinski definition) is 1. The van der Waals surface area contributed by atoms with Crippen LogP contribution < -0.4 is 5.32 Å². The Bertz CT molecular complexity index is 336. The van der Waals surface area contributed by atoms with Crippen molar-refractivity contribution in [2.45, 2.75) is 31.9 Å². The predicted octanol–water partition coefficient (Wildman–Crippen LogP) is 2.66. The Balaban J connectivity index is 1.85. The van der Waals surface area contributed by atoms with Gasteiger partial charge >= 0.3 is 0 Å². The summed E-state index contributed by atoms with van der Waals surface area (Å²) >= 11 is 0. The highest BCUT2D eigenvalue weighted by atomic mass is 19.1. The monoisotopic (exact) mass is 223 g/mol. The van der Waals surface area contributed by atoms with Crippen molar-refractivity contribution in [2.24, 2.45) is 0 Å². The highest BCUT2D eigenvalue weighted by Gasteiger charge is 2.16. The Hall–Kier alpha value is -0.930. The van der Waals surface area contributed by atoms with E-state index in [2.05, 4.69) is 5.32 Å². The zero-order valence-corrected chi connectivity index (χ0v) is 9.58. The fraction of sp³-hybridized carbons (Fsp3) is 0.538. The topological polar surface area (TPSA) is 21.3 Å². The average Bonchev–Trinajstić information content (AvgIpc) is 2.78. The van der Waals surface area contributed by atoms with Gasteiger partial charge in [-0.3, -0.25) is 0 Å². The molecular weight excluding hydrogens is 205 g/mol. The van der Waals surface area contributed by atoms with Crippen LogP contribution in [0, 0.1) is 5.82 Å². The van der Waals surface area contributed by atoms with Crippen molar-refractivity contribution in [3.05, 3.63) is 35.6 Å². The van der Waals surface area contributed by atoms with Gasteiger partial charge in [0.1, 0.15) is 5.82 Å². The lowest BCUT2D eigenvalue weighted by atomic mass is 10.1. The van der Waals surface area contributed by atoms with E-state index in [1.54, 1.807) is 12.1 Å². The van der Waals surface area contributed by atoms with E-state index >= 15 is 0 Å². The Kier molecular flexibility index (Phi) is 3.91. The zero-order chi connectivity index (χ0) is 11.4. The Morgan fingerprint density at radius 2 is 2.44 bits per heavy atom. The molecule has 1 fully saturated rings. The van der Waals surface area contributed by atoms with Gasteiger partial charge in [0.15, 0.2) is 0 Å². The summed E-state index contributed by atoms with van der Waals surface area (Å²) in [6.45, 7) is 3.77. The van der Waals surface area contributed by atoms with Crippen molar-refractivity contribution < 1.29 is 9.13 Å². The summed E-state index contributed by atoms with van der Waals surface area (Å²) in [6.07, 6.45) is 2.61. The molecule has 0 radical (unpaired) electrons. The van der Waals surface area contributed by atoms with E-state index in [9.17, 15) is 4.39 Å². The first-order valence-corrected chi connectivity index (χ1v) is 5.86. The van der Waals surface area contributed by atoms with Crippen molar-refractivity contribution in [2.75, 3.05) is 13.2 Å². The number of halogens is 1. The van der Waals surface area contributed by atoms with Crippen molar-refractivity contribution in [1.82, 2.24) is 5.32 Å². The third kappa shape index (κ3) is 3.03. The summed E-state index contributed by atoms with van der Waals surface area (Å²) in [5.74, 6) is -0.178. The molecule has 88 valence electrons. The molecule has 1 aromatic carbocycles. The van der Waals surface area contributed by atoms with Crippen LogP contribution in [0.1, 0.15) is 31.4 Å². The fourth-order valence-corrected chi connectivity index (χ4v) is 2.01. The first-order valence-electron chi connectivity index (χ1n) is 5.86. The van der Waals surface area contributed by atoms with E-state index in [4.69, 9.17) is 4.74 Å². The van der Waals surface area contributed by atoms with E-state index < -0.39 is 0 Å². The van der Waals surface area contributed by atoms with Gasteiger partial charge in [-0.05, 0) is 37.5 Å². The van der Waals surface area contributed by atoms with E-state index in [1.807, 2.05) is 13.0 Å². The second kappa shape index (κ2) is 5.41. The number of ether oxygens (including phenoxy) is 1. The van der Waals surface area contributed by atoms with Crippen LogP contribution in [-0.2, 0) is 4.74 Å². The third-order valence-corrected chi connectivity index (χ3v) is 3.02. The SMILES string of the molecule is C[C@@H](NCC1CCCO1)c1cccc(F)c1. The van der Waals surface area contributed by atoms with Crippen LogP contribution in [0.4, 0.5) is 4.39 Å². The number of hydrogen-bond acceptors (Lipinski definition) is 2. The maximum atomic E-state index is 13.0. The van der Waals surface area contributed by atoms with E-state index in [0.717, 1.165) is 31.6 Å². The number of rotatable bonds is 4. The molecule has 1 unspecified atom stereocenters. The molecule has 2 atom stereocenters. The second-order valence-corrected chi connectivity index (χ2v) is 4.32. The molecule has 1 saturated heterocycles. The minimum absolute atomic E-state index is 0.167. The predicted molar refractivity (Wildman–Crippen MR) is 61.8 cm³/mol. The van der Waals surface area contributed by atoms with Crippen LogP contribution >= 0.6 is 0 Å². The summed E-state index contributed by atoms with van der Waals surface area (Å²) in [6, 6.07) is 6.90. The minimum Gasteiger partial charge on any atom is -0.377 e. The summed E-state index contributed by atoms with van der Waals surface area (Å²) in [5.41, 5.74) is 0.984. The molecule has 0 saturated carbocycles. The van der Waals surface area contributed by atoms with Gasteiger partial charge in [0.25, 0.3) is 0 Å².